The topological polar surface area (TPSA) is 50.7 Å². The molecule has 1 aromatic rings. The Balaban J connectivity index is 2.20. The van der Waals surface area contributed by atoms with Crippen molar-refractivity contribution >= 4 is 5.82 Å². The van der Waals surface area contributed by atoms with Gasteiger partial charge in [0.2, 0.25) is 5.88 Å². The molecule has 1 aromatic heterocycles. The molecule has 0 fully saturated rings. The zero-order valence-corrected chi connectivity index (χ0v) is 14.4. The summed E-state index contributed by atoms with van der Waals surface area (Å²) < 4.78 is 11.1. The van der Waals surface area contributed by atoms with Crippen molar-refractivity contribution in [2.75, 3.05) is 57.4 Å². The average Bonchev–Trinajstić information content (AvgIpc) is 2.56. The molecular weight excluding hydrogens is 280 g/mol. The SMILES string of the molecule is CCN(CC)CCOCCOc1ccc(N(CC)CC)nn1. The molecular formula is C16H30N4O2. The summed E-state index contributed by atoms with van der Waals surface area (Å²) in [6.45, 7) is 15.3. The van der Waals surface area contributed by atoms with E-state index in [4.69, 9.17) is 9.47 Å². The Morgan fingerprint density at radius 2 is 1.59 bits per heavy atom. The van der Waals surface area contributed by atoms with Crippen molar-refractivity contribution in [2.24, 2.45) is 0 Å². The van der Waals surface area contributed by atoms with Crippen LogP contribution in [0.3, 0.4) is 0 Å². The molecule has 0 atom stereocenters. The van der Waals surface area contributed by atoms with E-state index in [1.165, 1.54) is 0 Å². The highest BCUT2D eigenvalue weighted by atomic mass is 16.5. The summed E-state index contributed by atoms with van der Waals surface area (Å²) in [5.41, 5.74) is 0. The normalized spacial score (nSPS) is 11.0. The van der Waals surface area contributed by atoms with Crippen molar-refractivity contribution in [3.05, 3.63) is 12.1 Å². The highest BCUT2D eigenvalue weighted by molar-refractivity contribution is 5.37. The summed E-state index contributed by atoms with van der Waals surface area (Å²) in [4.78, 5) is 4.48. The van der Waals surface area contributed by atoms with Crippen LogP contribution in [0.15, 0.2) is 12.1 Å². The van der Waals surface area contributed by atoms with Gasteiger partial charge in [0.1, 0.15) is 6.61 Å². The van der Waals surface area contributed by atoms with Gasteiger partial charge in [-0.05, 0) is 33.0 Å². The molecule has 0 N–H and O–H groups in total. The molecule has 0 radical (unpaired) electrons. The number of anilines is 1. The molecule has 0 saturated carbocycles. The standard InChI is InChI=1S/C16H30N4O2/c1-5-19(6-2)11-12-21-13-14-22-16-10-9-15(17-18-16)20(7-3)8-4/h9-10H,5-8,11-14H2,1-4H3. The van der Waals surface area contributed by atoms with Gasteiger partial charge in [0, 0.05) is 25.7 Å². The van der Waals surface area contributed by atoms with Gasteiger partial charge in [-0.15, -0.1) is 10.2 Å². The first kappa shape index (κ1) is 18.6. The van der Waals surface area contributed by atoms with Crippen LogP contribution in [0.25, 0.3) is 0 Å². The van der Waals surface area contributed by atoms with Crippen molar-refractivity contribution in [1.29, 1.82) is 0 Å². The van der Waals surface area contributed by atoms with Crippen LogP contribution in [0.1, 0.15) is 27.7 Å². The Kier molecular flexibility index (Phi) is 9.50. The highest BCUT2D eigenvalue weighted by Crippen LogP contribution is 2.12. The molecule has 0 aliphatic heterocycles. The van der Waals surface area contributed by atoms with E-state index in [2.05, 4.69) is 47.7 Å². The van der Waals surface area contributed by atoms with E-state index in [1.54, 1.807) is 0 Å². The summed E-state index contributed by atoms with van der Waals surface area (Å²) in [6, 6.07) is 3.80. The van der Waals surface area contributed by atoms with E-state index in [0.29, 0.717) is 19.1 Å². The molecule has 22 heavy (non-hydrogen) atoms. The van der Waals surface area contributed by atoms with Crippen molar-refractivity contribution in [3.63, 3.8) is 0 Å². The van der Waals surface area contributed by atoms with E-state index in [0.717, 1.165) is 45.1 Å². The zero-order chi connectivity index (χ0) is 16.2. The summed E-state index contributed by atoms with van der Waals surface area (Å²) >= 11 is 0. The van der Waals surface area contributed by atoms with E-state index in [1.807, 2.05) is 12.1 Å². The average molecular weight is 310 g/mol. The van der Waals surface area contributed by atoms with Crippen molar-refractivity contribution in [2.45, 2.75) is 27.7 Å². The molecule has 6 nitrogen and oxygen atoms in total. The lowest BCUT2D eigenvalue weighted by atomic mass is 10.4. The molecule has 1 rings (SSSR count). The minimum absolute atomic E-state index is 0.498. The second-order valence-electron chi connectivity index (χ2n) is 4.89. The Morgan fingerprint density at radius 3 is 2.14 bits per heavy atom. The van der Waals surface area contributed by atoms with Crippen LogP contribution >= 0.6 is 0 Å². The lowest BCUT2D eigenvalue weighted by Gasteiger charge is -2.19. The third kappa shape index (κ3) is 6.58. The van der Waals surface area contributed by atoms with E-state index < -0.39 is 0 Å². The Bertz CT molecular complexity index is 378. The van der Waals surface area contributed by atoms with Crippen LogP contribution in [-0.2, 0) is 4.74 Å². The highest BCUT2D eigenvalue weighted by Gasteiger charge is 2.04. The number of likely N-dealkylation sites (N-methyl/N-ethyl adjacent to an activating group) is 1. The van der Waals surface area contributed by atoms with Crippen LogP contribution < -0.4 is 9.64 Å². The first-order valence-corrected chi connectivity index (χ1v) is 8.26. The summed E-state index contributed by atoms with van der Waals surface area (Å²) in [5, 5.41) is 8.27. The summed E-state index contributed by atoms with van der Waals surface area (Å²) in [5.74, 6) is 1.43. The first-order valence-electron chi connectivity index (χ1n) is 8.26. The van der Waals surface area contributed by atoms with Crippen molar-refractivity contribution in [3.8, 4) is 5.88 Å². The van der Waals surface area contributed by atoms with E-state index >= 15 is 0 Å². The molecule has 0 aliphatic rings. The van der Waals surface area contributed by atoms with Gasteiger partial charge in [0.25, 0.3) is 0 Å². The molecule has 0 amide bonds. The van der Waals surface area contributed by atoms with Gasteiger partial charge in [0.15, 0.2) is 5.82 Å². The third-order valence-corrected chi connectivity index (χ3v) is 3.64. The minimum Gasteiger partial charge on any atom is -0.474 e. The van der Waals surface area contributed by atoms with Crippen molar-refractivity contribution < 1.29 is 9.47 Å². The number of hydrogen-bond acceptors (Lipinski definition) is 6. The molecule has 1 heterocycles. The molecule has 0 saturated heterocycles. The summed E-state index contributed by atoms with van der Waals surface area (Å²) in [6.07, 6.45) is 0. The van der Waals surface area contributed by atoms with Crippen LogP contribution in [0.4, 0.5) is 5.82 Å². The van der Waals surface area contributed by atoms with Gasteiger partial charge >= 0.3 is 0 Å². The lowest BCUT2D eigenvalue weighted by molar-refractivity contribution is 0.0805. The minimum atomic E-state index is 0.498. The third-order valence-electron chi connectivity index (χ3n) is 3.64. The van der Waals surface area contributed by atoms with E-state index in [9.17, 15) is 0 Å². The van der Waals surface area contributed by atoms with Crippen molar-refractivity contribution in [1.82, 2.24) is 15.1 Å². The largest absolute Gasteiger partial charge is 0.474 e. The second kappa shape index (κ2) is 11.2. The maximum absolute atomic E-state index is 5.56. The molecule has 0 bridgehead atoms. The summed E-state index contributed by atoms with van der Waals surface area (Å²) in [7, 11) is 0. The van der Waals surface area contributed by atoms with Gasteiger partial charge in [-0.1, -0.05) is 13.8 Å². The van der Waals surface area contributed by atoms with Gasteiger partial charge in [-0.3, -0.25) is 0 Å². The fourth-order valence-electron chi connectivity index (χ4n) is 2.15. The Morgan fingerprint density at radius 1 is 0.864 bits per heavy atom. The molecule has 0 aliphatic carbocycles. The molecule has 0 aromatic carbocycles. The van der Waals surface area contributed by atoms with Gasteiger partial charge < -0.3 is 19.3 Å². The van der Waals surface area contributed by atoms with Gasteiger partial charge in [0.05, 0.1) is 13.2 Å². The molecule has 0 spiro atoms. The maximum Gasteiger partial charge on any atom is 0.233 e. The van der Waals surface area contributed by atoms with Crippen LogP contribution in [-0.4, -0.2) is 67.6 Å². The second-order valence-corrected chi connectivity index (χ2v) is 4.89. The zero-order valence-electron chi connectivity index (χ0n) is 14.4. The number of ether oxygens (including phenoxy) is 2. The van der Waals surface area contributed by atoms with Crippen LogP contribution in [0.2, 0.25) is 0 Å². The molecule has 126 valence electrons. The predicted octanol–water partition coefficient (Wildman–Crippen LogP) is 2.06. The number of nitrogens with zero attached hydrogens (tertiary/aromatic N) is 4. The Hall–Kier alpha value is -1.40. The quantitative estimate of drug-likeness (QED) is 0.551. The fraction of sp³-hybridized carbons (Fsp3) is 0.750. The number of rotatable bonds is 12. The smallest absolute Gasteiger partial charge is 0.233 e. The first-order chi connectivity index (χ1) is 10.7. The predicted molar refractivity (Wildman–Crippen MR) is 89.7 cm³/mol. The number of aromatic nitrogens is 2. The van der Waals surface area contributed by atoms with Gasteiger partial charge in [-0.2, -0.15) is 0 Å². The Labute approximate surface area is 134 Å². The number of hydrogen-bond donors (Lipinski definition) is 0. The van der Waals surface area contributed by atoms with Crippen LogP contribution in [0, 0.1) is 0 Å². The van der Waals surface area contributed by atoms with E-state index in [-0.39, 0.29) is 0 Å². The lowest BCUT2D eigenvalue weighted by Crippen LogP contribution is -2.27. The van der Waals surface area contributed by atoms with Crippen LogP contribution in [0.5, 0.6) is 5.88 Å². The fourth-order valence-corrected chi connectivity index (χ4v) is 2.15. The molecule has 0 unspecified atom stereocenters. The van der Waals surface area contributed by atoms with Gasteiger partial charge in [-0.25, -0.2) is 0 Å². The monoisotopic (exact) mass is 310 g/mol. The maximum atomic E-state index is 5.56. The molecule has 6 heteroatoms.